The van der Waals surface area contributed by atoms with Crippen LogP contribution in [0.4, 0.5) is 0 Å². The van der Waals surface area contributed by atoms with Gasteiger partial charge in [0.15, 0.2) is 0 Å². The van der Waals surface area contributed by atoms with Crippen molar-refractivity contribution in [2.75, 3.05) is 0 Å². The molecule has 4 aromatic carbocycles. The van der Waals surface area contributed by atoms with Crippen LogP contribution >= 0.6 is 22.6 Å². The van der Waals surface area contributed by atoms with Crippen LogP contribution in [-0.2, 0) is 10.1 Å². The van der Waals surface area contributed by atoms with Crippen molar-refractivity contribution in [3.05, 3.63) is 52.1 Å². The second-order valence-corrected chi connectivity index (χ2v) is 7.54. The summed E-state index contributed by atoms with van der Waals surface area (Å²) in [7, 11) is -4.27. The Kier molecular flexibility index (Phi) is 2.70. The van der Waals surface area contributed by atoms with E-state index >= 15 is 0 Å². The van der Waals surface area contributed by atoms with Gasteiger partial charge in [0.2, 0.25) is 0 Å². The lowest BCUT2D eigenvalue weighted by molar-refractivity contribution is 0.483. The predicted molar refractivity (Wildman–Crippen MR) is 92.7 cm³/mol. The van der Waals surface area contributed by atoms with Crippen molar-refractivity contribution < 1.29 is 13.0 Å². The van der Waals surface area contributed by atoms with E-state index in [-0.39, 0.29) is 4.90 Å². The molecule has 0 aliphatic carbocycles. The second-order valence-electron chi connectivity index (χ2n) is 5.02. The van der Waals surface area contributed by atoms with Crippen molar-refractivity contribution in [3.63, 3.8) is 0 Å². The van der Waals surface area contributed by atoms with E-state index < -0.39 is 10.1 Å². The summed E-state index contributed by atoms with van der Waals surface area (Å²) in [6, 6.07) is 15.5. The Bertz CT molecular complexity index is 1100. The van der Waals surface area contributed by atoms with E-state index in [1.807, 2.05) is 59.0 Å². The first kappa shape index (κ1) is 13.2. The highest BCUT2D eigenvalue weighted by Gasteiger charge is 2.21. The van der Waals surface area contributed by atoms with Crippen molar-refractivity contribution in [1.29, 1.82) is 0 Å². The summed E-state index contributed by atoms with van der Waals surface area (Å²) in [5.74, 6) is 0. The van der Waals surface area contributed by atoms with E-state index in [2.05, 4.69) is 0 Å². The summed E-state index contributed by atoms with van der Waals surface area (Å²) in [5.41, 5.74) is 0. The van der Waals surface area contributed by atoms with Gasteiger partial charge in [-0.2, -0.15) is 8.42 Å². The third-order valence-electron chi connectivity index (χ3n) is 3.81. The summed E-state index contributed by atoms with van der Waals surface area (Å²) < 4.78 is 33.6. The number of rotatable bonds is 1. The normalized spacial score (nSPS) is 12.7. The molecule has 5 heteroatoms. The molecular formula is C16H9IO3S. The van der Waals surface area contributed by atoms with Crippen LogP contribution in [0.15, 0.2) is 53.4 Å². The summed E-state index contributed by atoms with van der Waals surface area (Å²) in [5, 5.41) is 5.60. The van der Waals surface area contributed by atoms with Crippen molar-refractivity contribution in [3.8, 4) is 0 Å². The zero-order valence-corrected chi connectivity index (χ0v) is 13.6. The minimum absolute atomic E-state index is 0.00569. The molecule has 0 heterocycles. The molecule has 3 nitrogen and oxygen atoms in total. The fourth-order valence-electron chi connectivity index (χ4n) is 3.01. The standard InChI is InChI=1S/C16H9IO3S/c17-13-8-11-5-4-9-2-1-3-10-6-7-12(15(11)14(9)10)16(13)21(18,19)20/h1-8H,(H,18,19,20). The minimum Gasteiger partial charge on any atom is -0.282 e. The lowest BCUT2D eigenvalue weighted by Crippen LogP contribution is -2.02. The highest BCUT2D eigenvalue weighted by Crippen LogP contribution is 2.39. The van der Waals surface area contributed by atoms with E-state index in [0.29, 0.717) is 8.96 Å². The smallest absolute Gasteiger partial charge is 0.282 e. The number of benzene rings is 4. The molecule has 0 aliphatic rings. The molecule has 104 valence electrons. The monoisotopic (exact) mass is 408 g/mol. The third-order valence-corrected chi connectivity index (χ3v) is 5.98. The van der Waals surface area contributed by atoms with Crippen LogP contribution in [0.1, 0.15) is 0 Å². The summed E-state index contributed by atoms with van der Waals surface area (Å²) >= 11 is 1.95. The van der Waals surface area contributed by atoms with E-state index in [4.69, 9.17) is 0 Å². The van der Waals surface area contributed by atoms with E-state index in [0.717, 1.165) is 26.9 Å². The Labute approximate surface area is 134 Å². The first-order valence-electron chi connectivity index (χ1n) is 6.30. The van der Waals surface area contributed by atoms with Gasteiger partial charge in [0.1, 0.15) is 4.90 Å². The zero-order valence-electron chi connectivity index (χ0n) is 10.7. The topological polar surface area (TPSA) is 54.4 Å². The second kappa shape index (κ2) is 4.28. The van der Waals surface area contributed by atoms with Crippen molar-refractivity contribution in [1.82, 2.24) is 0 Å². The van der Waals surface area contributed by atoms with Gasteiger partial charge in [0.25, 0.3) is 10.1 Å². The van der Waals surface area contributed by atoms with Gasteiger partial charge in [-0.15, -0.1) is 0 Å². The number of hydrogen-bond acceptors (Lipinski definition) is 2. The molecule has 0 saturated carbocycles. The van der Waals surface area contributed by atoms with Gasteiger partial charge in [-0.1, -0.05) is 42.5 Å². The third kappa shape index (κ3) is 1.84. The molecule has 0 aromatic heterocycles. The lowest BCUT2D eigenvalue weighted by Gasteiger charge is -2.14. The quantitative estimate of drug-likeness (QED) is 0.288. The Hall–Kier alpha value is -1.44. The summed E-state index contributed by atoms with van der Waals surface area (Å²) in [6.45, 7) is 0. The molecule has 0 bridgehead atoms. The molecule has 0 aliphatic heterocycles. The Morgan fingerprint density at radius 2 is 1.48 bits per heavy atom. The van der Waals surface area contributed by atoms with Crippen molar-refractivity contribution in [2.24, 2.45) is 0 Å². The first-order valence-corrected chi connectivity index (χ1v) is 8.82. The molecule has 0 fully saturated rings. The minimum atomic E-state index is -4.27. The summed E-state index contributed by atoms with van der Waals surface area (Å²) in [4.78, 5) is -0.00569. The average Bonchev–Trinajstić information content (AvgIpc) is 2.42. The number of halogens is 1. The Balaban J connectivity index is 2.41. The zero-order chi connectivity index (χ0) is 14.8. The van der Waals surface area contributed by atoms with Crippen LogP contribution < -0.4 is 0 Å². The van der Waals surface area contributed by atoms with Gasteiger partial charge >= 0.3 is 0 Å². The SMILES string of the molecule is O=S(=O)(O)c1c(I)cc2ccc3cccc4ccc1c2c34. The highest BCUT2D eigenvalue weighted by atomic mass is 127. The molecule has 1 N–H and O–H groups in total. The van der Waals surface area contributed by atoms with E-state index in [1.54, 1.807) is 12.1 Å². The molecule has 21 heavy (non-hydrogen) atoms. The highest BCUT2D eigenvalue weighted by molar-refractivity contribution is 14.1. The van der Waals surface area contributed by atoms with Crippen LogP contribution in [-0.4, -0.2) is 13.0 Å². The van der Waals surface area contributed by atoms with Gasteiger partial charge in [0.05, 0.1) is 0 Å². The molecule has 4 aromatic rings. The molecule has 0 atom stereocenters. The van der Waals surface area contributed by atoms with Gasteiger partial charge in [-0.25, -0.2) is 0 Å². The van der Waals surface area contributed by atoms with E-state index in [1.165, 1.54) is 0 Å². The largest absolute Gasteiger partial charge is 0.296 e. The lowest BCUT2D eigenvalue weighted by atomic mass is 9.94. The predicted octanol–water partition coefficient (Wildman–Crippen LogP) is 4.44. The van der Waals surface area contributed by atoms with Crippen LogP contribution in [0.3, 0.4) is 0 Å². The maximum atomic E-state index is 11.8. The average molecular weight is 408 g/mol. The van der Waals surface area contributed by atoms with Crippen LogP contribution in [0, 0.1) is 3.57 Å². The number of hydrogen-bond donors (Lipinski definition) is 1. The van der Waals surface area contributed by atoms with Gasteiger partial charge < -0.3 is 0 Å². The molecule has 0 amide bonds. The first-order chi connectivity index (χ1) is 9.97. The van der Waals surface area contributed by atoms with Crippen LogP contribution in [0.5, 0.6) is 0 Å². The molecule has 4 rings (SSSR count). The van der Waals surface area contributed by atoms with Crippen LogP contribution in [0.25, 0.3) is 32.3 Å². The van der Waals surface area contributed by atoms with Gasteiger partial charge in [-0.05, 0) is 55.6 Å². The molecule has 0 saturated heterocycles. The Morgan fingerprint density at radius 3 is 2.14 bits per heavy atom. The van der Waals surface area contributed by atoms with Gasteiger partial charge in [0, 0.05) is 8.96 Å². The van der Waals surface area contributed by atoms with Crippen molar-refractivity contribution >= 4 is 65.0 Å². The summed E-state index contributed by atoms with van der Waals surface area (Å²) in [6.07, 6.45) is 0. The molecule has 0 unspecified atom stereocenters. The maximum absolute atomic E-state index is 11.8. The van der Waals surface area contributed by atoms with Gasteiger partial charge in [-0.3, -0.25) is 4.55 Å². The fourth-order valence-corrected chi connectivity index (χ4v) is 5.23. The molecule has 0 spiro atoms. The van der Waals surface area contributed by atoms with E-state index in [9.17, 15) is 13.0 Å². The molecular weight excluding hydrogens is 399 g/mol. The Morgan fingerprint density at radius 1 is 0.857 bits per heavy atom. The fraction of sp³-hybridized carbons (Fsp3) is 0. The molecule has 0 radical (unpaired) electrons. The van der Waals surface area contributed by atoms with Crippen LogP contribution in [0.2, 0.25) is 0 Å². The maximum Gasteiger partial charge on any atom is 0.296 e. The van der Waals surface area contributed by atoms with Crippen molar-refractivity contribution in [2.45, 2.75) is 4.90 Å².